The molecule has 0 saturated heterocycles. The summed E-state index contributed by atoms with van der Waals surface area (Å²) in [4.78, 5) is 11.6. The maximum absolute atomic E-state index is 11.2. The number of rotatable bonds is 6. The Morgan fingerprint density at radius 3 is 2.79 bits per heavy atom. The second kappa shape index (κ2) is 6.12. The number of benzene rings is 1. The molecule has 0 saturated carbocycles. The molecule has 1 unspecified atom stereocenters. The molecule has 0 bridgehead atoms. The molecule has 4 N–H and O–H groups in total. The fraction of sp³-hybridized carbons (Fsp3) is 0.308. The molecule has 1 aromatic carbocycles. The predicted octanol–water partition coefficient (Wildman–Crippen LogP) is 1.04. The van der Waals surface area contributed by atoms with E-state index >= 15 is 0 Å². The van der Waals surface area contributed by atoms with Crippen molar-refractivity contribution in [3.8, 4) is 0 Å². The van der Waals surface area contributed by atoms with Gasteiger partial charge in [-0.15, -0.1) is 11.3 Å². The summed E-state index contributed by atoms with van der Waals surface area (Å²) in [5.41, 5.74) is 0.721. The number of hydrogen-bond acceptors (Lipinski definition) is 5. The minimum absolute atomic E-state index is 0.222. The zero-order valence-electron chi connectivity index (χ0n) is 10.2. The van der Waals surface area contributed by atoms with E-state index in [4.69, 9.17) is 5.11 Å². The van der Waals surface area contributed by atoms with Gasteiger partial charge < -0.3 is 20.6 Å². The topological polar surface area (TPSA) is 89.8 Å². The molecule has 0 aliphatic rings. The predicted molar refractivity (Wildman–Crippen MR) is 73.6 cm³/mol. The van der Waals surface area contributed by atoms with Crippen LogP contribution in [0.2, 0.25) is 0 Å². The first-order valence-corrected chi connectivity index (χ1v) is 6.68. The van der Waals surface area contributed by atoms with Crippen LogP contribution in [-0.4, -0.2) is 40.5 Å². The SMILES string of the molecule is O=C(O)c1sc2ccccc2c1CNCC(O)CO. The molecule has 102 valence electrons. The van der Waals surface area contributed by atoms with Crippen LogP contribution in [0.4, 0.5) is 0 Å². The number of nitrogens with one attached hydrogen (secondary N) is 1. The highest BCUT2D eigenvalue weighted by atomic mass is 32.1. The van der Waals surface area contributed by atoms with Gasteiger partial charge in [0.2, 0.25) is 0 Å². The van der Waals surface area contributed by atoms with E-state index in [0.717, 1.165) is 15.6 Å². The molecule has 19 heavy (non-hydrogen) atoms. The number of carbonyl (C=O) groups is 1. The number of carboxylic acids is 1. The summed E-state index contributed by atoms with van der Waals surface area (Å²) >= 11 is 1.25. The maximum atomic E-state index is 11.2. The van der Waals surface area contributed by atoms with Crippen molar-refractivity contribution in [3.05, 3.63) is 34.7 Å². The van der Waals surface area contributed by atoms with Crippen LogP contribution in [0.15, 0.2) is 24.3 Å². The molecule has 2 aromatic rings. The molecule has 5 nitrogen and oxygen atoms in total. The van der Waals surface area contributed by atoms with E-state index in [1.807, 2.05) is 24.3 Å². The Morgan fingerprint density at radius 1 is 1.37 bits per heavy atom. The Bertz CT molecular complexity index is 581. The van der Waals surface area contributed by atoms with E-state index in [0.29, 0.717) is 11.4 Å². The smallest absolute Gasteiger partial charge is 0.346 e. The summed E-state index contributed by atoms with van der Waals surface area (Å²) in [6, 6.07) is 7.51. The highest BCUT2D eigenvalue weighted by Gasteiger charge is 2.17. The number of fused-ring (bicyclic) bond motifs is 1. The van der Waals surface area contributed by atoms with Gasteiger partial charge in [0, 0.05) is 17.8 Å². The molecule has 6 heteroatoms. The van der Waals surface area contributed by atoms with Crippen LogP contribution in [0, 0.1) is 0 Å². The minimum atomic E-state index is -0.944. The van der Waals surface area contributed by atoms with E-state index in [-0.39, 0.29) is 13.2 Å². The van der Waals surface area contributed by atoms with Gasteiger partial charge in [0.25, 0.3) is 0 Å². The highest BCUT2D eigenvalue weighted by molar-refractivity contribution is 7.21. The van der Waals surface area contributed by atoms with E-state index < -0.39 is 12.1 Å². The summed E-state index contributed by atoms with van der Waals surface area (Å²) in [5, 5.41) is 31.1. The van der Waals surface area contributed by atoms with E-state index in [2.05, 4.69) is 5.32 Å². The normalized spacial score (nSPS) is 12.7. The first-order valence-electron chi connectivity index (χ1n) is 5.86. The lowest BCUT2D eigenvalue weighted by Crippen LogP contribution is -2.29. The van der Waals surface area contributed by atoms with Crippen LogP contribution < -0.4 is 5.32 Å². The van der Waals surface area contributed by atoms with Crippen LogP contribution >= 0.6 is 11.3 Å². The van der Waals surface area contributed by atoms with Crippen molar-refractivity contribution in [2.24, 2.45) is 0 Å². The lowest BCUT2D eigenvalue weighted by molar-refractivity contribution is 0.0701. The number of hydrogen-bond donors (Lipinski definition) is 4. The second-order valence-electron chi connectivity index (χ2n) is 4.18. The number of carboxylic acid groups (broad SMARTS) is 1. The van der Waals surface area contributed by atoms with Gasteiger partial charge in [0.1, 0.15) is 4.88 Å². The van der Waals surface area contributed by atoms with Crippen molar-refractivity contribution in [1.82, 2.24) is 5.32 Å². The Hall–Kier alpha value is -1.47. The molecule has 1 heterocycles. The first kappa shape index (κ1) is 14.0. The van der Waals surface area contributed by atoms with Gasteiger partial charge in [-0.25, -0.2) is 4.79 Å². The number of thiophene rings is 1. The van der Waals surface area contributed by atoms with Gasteiger partial charge >= 0.3 is 5.97 Å². The van der Waals surface area contributed by atoms with Crippen LogP contribution in [0.1, 0.15) is 15.2 Å². The molecular formula is C13H15NO4S. The molecule has 0 spiro atoms. The Morgan fingerprint density at radius 2 is 2.11 bits per heavy atom. The maximum Gasteiger partial charge on any atom is 0.346 e. The van der Waals surface area contributed by atoms with E-state index in [1.165, 1.54) is 11.3 Å². The largest absolute Gasteiger partial charge is 0.477 e. The van der Waals surface area contributed by atoms with Crippen molar-refractivity contribution in [2.45, 2.75) is 12.6 Å². The lowest BCUT2D eigenvalue weighted by atomic mass is 10.1. The summed E-state index contributed by atoms with van der Waals surface area (Å²) in [5.74, 6) is -0.944. The Labute approximate surface area is 114 Å². The average Bonchev–Trinajstić information content (AvgIpc) is 2.78. The number of aliphatic hydroxyl groups is 2. The zero-order valence-corrected chi connectivity index (χ0v) is 11.0. The fourth-order valence-corrected chi connectivity index (χ4v) is 2.94. The van der Waals surface area contributed by atoms with Gasteiger partial charge in [0.05, 0.1) is 12.7 Å². The van der Waals surface area contributed by atoms with Gasteiger partial charge in [-0.05, 0) is 17.0 Å². The van der Waals surface area contributed by atoms with E-state index in [1.54, 1.807) is 0 Å². The summed E-state index contributed by atoms with van der Waals surface area (Å²) in [6.07, 6.45) is -0.835. The van der Waals surface area contributed by atoms with Gasteiger partial charge in [-0.3, -0.25) is 0 Å². The third-order valence-corrected chi connectivity index (χ3v) is 3.99. The van der Waals surface area contributed by atoms with Gasteiger partial charge in [-0.1, -0.05) is 18.2 Å². The van der Waals surface area contributed by atoms with Crippen LogP contribution in [0.25, 0.3) is 10.1 Å². The molecule has 1 aromatic heterocycles. The molecule has 0 aliphatic carbocycles. The molecule has 1 atom stereocenters. The van der Waals surface area contributed by atoms with Crippen molar-refractivity contribution < 1.29 is 20.1 Å². The standard InChI is InChI=1S/C13H15NO4S/c15-7-8(16)5-14-6-10-9-3-1-2-4-11(9)19-12(10)13(17)18/h1-4,8,14-16H,5-7H2,(H,17,18). The quantitative estimate of drug-likeness (QED) is 0.635. The minimum Gasteiger partial charge on any atom is -0.477 e. The molecular weight excluding hydrogens is 266 g/mol. The molecule has 0 aliphatic heterocycles. The monoisotopic (exact) mass is 281 g/mol. The van der Waals surface area contributed by atoms with Crippen LogP contribution in [0.3, 0.4) is 0 Å². The van der Waals surface area contributed by atoms with Crippen molar-refractivity contribution in [2.75, 3.05) is 13.2 Å². The van der Waals surface area contributed by atoms with Crippen molar-refractivity contribution >= 4 is 27.4 Å². The highest BCUT2D eigenvalue weighted by Crippen LogP contribution is 2.31. The van der Waals surface area contributed by atoms with Crippen LogP contribution in [-0.2, 0) is 6.54 Å². The van der Waals surface area contributed by atoms with Gasteiger partial charge in [0.15, 0.2) is 0 Å². The second-order valence-corrected chi connectivity index (χ2v) is 5.23. The number of aromatic carboxylic acids is 1. The summed E-state index contributed by atoms with van der Waals surface area (Å²) < 4.78 is 0.930. The molecule has 0 amide bonds. The third kappa shape index (κ3) is 3.10. The lowest BCUT2D eigenvalue weighted by Gasteiger charge is -2.09. The third-order valence-electron chi connectivity index (χ3n) is 2.79. The number of aliphatic hydroxyl groups excluding tert-OH is 2. The van der Waals surface area contributed by atoms with Gasteiger partial charge in [-0.2, -0.15) is 0 Å². The average molecular weight is 281 g/mol. The summed E-state index contributed by atoms with van der Waals surface area (Å²) in [7, 11) is 0. The Kier molecular flexibility index (Phi) is 4.49. The molecule has 0 fully saturated rings. The van der Waals surface area contributed by atoms with E-state index in [9.17, 15) is 15.0 Å². The Balaban J connectivity index is 2.24. The fourth-order valence-electron chi connectivity index (χ4n) is 1.88. The zero-order chi connectivity index (χ0) is 13.8. The molecule has 0 radical (unpaired) electrons. The van der Waals surface area contributed by atoms with Crippen molar-refractivity contribution in [3.63, 3.8) is 0 Å². The van der Waals surface area contributed by atoms with Crippen LogP contribution in [0.5, 0.6) is 0 Å². The molecule has 2 rings (SSSR count). The first-order chi connectivity index (χ1) is 9.13. The van der Waals surface area contributed by atoms with Crippen molar-refractivity contribution in [1.29, 1.82) is 0 Å². The summed E-state index contributed by atoms with van der Waals surface area (Å²) in [6.45, 7) is 0.256.